The summed E-state index contributed by atoms with van der Waals surface area (Å²) < 4.78 is 29.2. The van der Waals surface area contributed by atoms with Crippen molar-refractivity contribution in [3.05, 3.63) is 18.0 Å². The van der Waals surface area contributed by atoms with E-state index in [1.807, 2.05) is 11.5 Å². The largest absolute Gasteiger partial charge is 0.346 e. The number of sulfonamides is 1. The molecule has 21 heavy (non-hydrogen) atoms. The van der Waals surface area contributed by atoms with Crippen LogP contribution in [-0.4, -0.2) is 30.4 Å². The molecule has 120 valence electrons. The van der Waals surface area contributed by atoms with Crippen LogP contribution in [0.2, 0.25) is 0 Å². The Morgan fingerprint density at radius 1 is 1.43 bits per heavy atom. The van der Waals surface area contributed by atoms with E-state index in [2.05, 4.69) is 13.8 Å². The quantitative estimate of drug-likeness (QED) is 0.801. The lowest BCUT2D eigenvalue weighted by Crippen LogP contribution is -2.34. The first-order valence-electron chi connectivity index (χ1n) is 7.84. The van der Waals surface area contributed by atoms with Gasteiger partial charge in [0.15, 0.2) is 0 Å². The van der Waals surface area contributed by atoms with E-state index in [-0.39, 0.29) is 0 Å². The van der Waals surface area contributed by atoms with E-state index in [1.54, 1.807) is 16.6 Å². The van der Waals surface area contributed by atoms with Gasteiger partial charge in [-0.1, -0.05) is 27.2 Å². The Hall–Kier alpha value is -0.850. The zero-order valence-electron chi connectivity index (χ0n) is 13.2. The smallest absolute Gasteiger partial charge is 0.244 e. The van der Waals surface area contributed by atoms with Gasteiger partial charge in [-0.15, -0.1) is 0 Å². The molecule has 0 aromatic carbocycles. The Labute approximate surface area is 128 Å². The molecule has 1 unspecified atom stereocenters. The molecule has 0 aliphatic heterocycles. The van der Waals surface area contributed by atoms with Crippen molar-refractivity contribution < 1.29 is 8.42 Å². The van der Waals surface area contributed by atoms with Crippen LogP contribution in [0.5, 0.6) is 0 Å². The van der Waals surface area contributed by atoms with Gasteiger partial charge in [-0.2, -0.15) is 4.31 Å². The van der Waals surface area contributed by atoms with E-state index in [4.69, 9.17) is 5.73 Å². The highest BCUT2D eigenvalue weighted by Crippen LogP contribution is 2.37. The molecule has 1 aromatic rings. The van der Waals surface area contributed by atoms with Crippen LogP contribution in [-0.2, 0) is 16.6 Å². The van der Waals surface area contributed by atoms with Crippen molar-refractivity contribution in [3.63, 3.8) is 0 Å². The van der Waals surface area contributed by atoms with Gasteiger partial charge in [0.1, 0.15) is 4.90 Å². The maximum atomic E-state index is 12.8. The lowest BCUT2D eigenvalue weighted by Gasteiger charge is -2.22. The summed E-state index contributed by atoms with van der Waals surface area (Å²) in [4.78, 5) is 0.389. The summed E-state index contributed by atoms with van der Waals surface area (Å²) in [6.07, 6.45) is 4.98. The first-order chi connectivity index (χ1) is 9.93. The third kappa shape index (κ3) is 3.49. The summed E-state index contributed by atoms with van der Waals surface area (Å²) in [6.45, 7) is 7.51. The molecule has 1 fully saturated rings. The summed E-state index contributed by atoms with van der Waals surface area (Å²) in [5.74, 6) is 0.360. The maximum Gasteiger partial charge on any atom is 0.244 e. The van der Waals surface area contributed by atoms with Crippen molar-refractivity contribution in [2.45, 2.75) is 57.5 Å². The zero-order valence-corrected chi connectivity index (χ0v) is 14.1. The van der Waals surface area contributed by atoms with Gasteiger partial charge in [-0.05, 0) is 24.8 Å². The molecule has 0 saturated heterocycles. The molecule has 0 amide bonds. The van der Waals surface area contributed by atoms with Crippen molar-refractivity contribution in [2.75, 3.05) is 13.1 Å². The van der Waals surface area contributed by atoms with E-state index in [0.717, 1.165) is 25.0 Å². The van der Waals surface area contributed by atoms with E-state index >= 15 is 0 Å². The van der Waals surface area contributed by atoms with E-state index in [0.29, 0.717) is 36.5 Å². The minimum absolute atomic E-state index is 0.360. The minimum atomic E-state index is -3.42. The summed E-state index contributed by atoms with van der Waals surface area (Å²) >= 11 is 0. The number of hydrogen-bond donors (Lipinski definition) is 1. The molecule has 0 radical (unpaired) electrons. The molecule has 1 aliphatic carbocycles. The first-order valence-corrected chi connectivity index (χ1v) is 9.28. The standard InChI is InChI=1S/C15H27N3O2S/c1-4-12(3)10-17(5-2)21(19,20)15-8-14(9-16)18(11-15)13-6-7-13/h8,11-13H,4-7,9-10,16H2,1-3H3. The molecule has 0 spiro atoms. The van der Waals surface area contributed by atoms with Crippen LogP contribution in [0.25, 0.3) is 0 Å². The molecule has 1 atom stereocenters. The number of nitrogens with two attached hydrogens (primary N) is 1. The van der Waals surface area contributed by atoms with Crippen molar-refractivity contribution in [1.29, 1.82) is 0 Å². The summed E-state index contributed by atoms with van der Waals surface area (Å²) in [6, 6.07) is 2.18. The topological polar surface area (TPSA) is 68.3 Å². The fourth-order valence-electron chi connectivity index (χ4n) is 2.52. The third-order valence-corrected chi connectivity index (χ3v) is 6.17. The summed E-state index contributed by atoms with van der Waals surface area (Å²) in [5.41, 5.74) is 6.67. The van der Waals surface area contributed by atoms with Gasteiger partial charge < -0.3 is 10.3 Å². The van der Waals surface area contributed by atoms with Gasteiger partial charge >= 0.3 is 0 Å². The second-order valence-electron chi connectivity index (χ2n) is 5.98. The zero-order chi connectivity index (χ0) is 15.6. The van der Waals surface area contributed by atoms with Crippen LogP contribution in [0, 0.1) is 5.92 Å². The van der Waals surface area contributed by atoms with Gasteiger partial charge in [0, 0.05) is 37.6 Å². The van der Waals surface area contributed by atoms with Crippen molar-refractivity contribution in [3.8, 4) is 0 Å². The SMILES string of the molecule is CCC(C)CN(CC)S(=O)(=O)c1cc(CN)n(C2CC2)c1. The lowest BCUT2D eigenvalue weighted by atomic mass is 10.1. The van der Waals surface area contributed by atoms with Crippen LogP contribution in [0.4, 0.5) is 0 Å². The number of rotatable bonds is 8. The average molecular weight is 313 g/mol. The number of aromatic nitrogens is 1. The monoisotopic (exact) mass is 313 g/mol. The Kier molecular flexibility index (Phi) is 5.11. The van der Waals surface area contributed by atoms with Crippen LogP contribution in [0.3, 0.4) is 0 Å². The first kappa shape index (κ1) is 16.5. The predicted octanol–water partition coefficient (Wildman–Crippen LogP) is 2.34. The van der Waals surface area contributed by atoms with Crippen molar-refractivity contribution in [2.24, 2.45) is 11.7 Å². The second-order valence-corrected chi connectivity index (χ2v) is 7.92. The molecule has 0 bridgehead atoms. The number of nitrogens with zero attached hydrogens (tertiary/aromatic N) is 2. The Morgan fingerprint density at radius 3 is 2.57 bits per heavy atom. The van der Waals surface area contributed by atoms with Crippen LogP contribution in [0.15, 0.2) is 17.2 Å². The third-order valence-electron chi connectivity index (χ3n) is 4.26. The fraction of sp³-hybridized carbons (Fsp3) is 0.733. The van der Waals surface area contributed by atoms with Gasteiger partial charge in [-0.25, -0.2) is 8.42 Å². The van der Waals surface area contributed by atoms with Crippen molar-refractivity contribution in [1.82, 2.24) is 8.87 Å². The molecule has 1 heterocycles. The van der Waals surface area contributed by atoms with Gasteiger partial charge in [-0.3, -0.25) is 0 Å². The van der Waals surface area contributed by atoms with Gasteiger partial charge in [0.25, 0.3) is 0 Å². The molecule has 2 rings (SSSR count). The molecule has 1 aliphatic rings. The van der Waals surface area contributed by atoms with E-state index in [1.165, 1.54) is 0 Å². The van der Waals surface area contributed by atoms with Crippen LogP contribution < -0.4 is 5.73 Å². The lowest BCUT2D eigenvalue weighted by molar-refractivity contribution is 0.361. The predicted molar refractivity (Wildman–Crippen MR) is 84.5 cm³/mol. The summed E-state index contributed by atoms with van der Waals surface area (Å²) in [5, 5.41) is 0. The Morgan fingerprint density at radius 2 is 2.10 bits per heavy atom. The Bertz CT molecular complexity index is 576. The molecule has 5 nitrogen and oxygen atoms in total. The highest BCUT2D eigenvalue weighted by atomic mass is 32.2. The Balaban J connectivity index is 2.29. The van der Waals surface area contributed by atoms with E-state index in [9.17, 15) is 8.42 Å². The van der Waals surface area contributed by atoms with Gasteiger partial charge in [0.2, 0.25) is 10.0 Å². The van der Waals surface area contributed by atoms with Crippen molar-refractivity contribution >= 4 is 10.0 Å². The highest BCUT2D eigenvalue weighted by Gasteiger charge is 2.30. The molecular formula is C15H27N3O2S. The maximum absolute atomic E-state index is 12.8. The average Bonchev–Trinajstić information content (AvgIpc) is 3.22. The number of hydrogen-bond acceptors (Lipinski definition) is 3. The second kappa shape index (κ2) is 6.50. The molecule has 1 aromatic heterocycles. The fourth-order valence-corrected chi connectivity index (χ4v) is 4.14. The summed E-state index contributed by atoms with van der Waals surface area (Å²) in [7, 11) is -3.42. The van der Waals surface area contributed by atoms with Crippen LogP contribution in [0.1, 0.15) is 51.8 Å². The van der Waals surface area contributed by atoms with Gasteiger partial charge in [0.05, 0.1) is 0 Å². The normalized spacial score (nSPS) is 17.4. The minimum Gasteiger partial charge on any atom is -0.346 e. The van der Waals surface area contributed by atoms with Crippen LogP contribution >= 0.6 is 0 Å². The molecule has 2 N–H and O–H groups in total. The molecular weight excluding hydrogens is 286 g/mol. The molecule has 1 saturated carbocycles. The highest BCUT2D eigenvalue weighted by molar-refractivity contribution is 7.89. The molecule has 6 heteroatoms. The van der Waals surface area contributed by atoms with E-state index < -0.39 is 10.0 Å².